The molecule has 1 fully saturated rings. The number of halogens is 1. The fraction of sp³-hybridized carbons (Fsp3) is 0.500. The molecule has 88 valence electrons. The largest absolute Gasteiger partial charge is 0.389 e. The lowest BCUT2D eigenvalue weighted by Crippen LogP contribution is -2.38. The first-order valence-electron chi connectivity index (χ1n) is 5.41. The molecule has 2 N–H and O–H groups in total. The molecule has 2 rings (SSSR count). The normalized spacial score (nSPS) is 24.9. The summed E-state index contributed by atoms with van der Waals surface area (Å²) in [7, 11) is 0. The third-order valence-electron chi connectivity index (χ3n) is 2.81. The van der Waals surface area contributed by atoms with Crippen molar-refractivity contribution in [1.82, 2.24) is 5.32 Å². The fourth-order valence-corrected chi connectivity index (χ4v) is 1.82. The van der Waals surface area contributed by atoms with E-state index in [0.717, 1.165) is 5.56 Å². The van der Waals surface area contributed by atoms with E-state index >= 15 is 0 Å². The number of rotatable bonds is 3. The number of ether oxygens (including phenoxy) is 1. The molecule has 1 aromatic rings. The first-order valence-corrected chi connectivity index (χ1v) is 5.41. The van der Waals surface area contributed by atoms with E-state index in [9.17, 15) is 9.50 Å². The summed E-state index contributed by atoms with van der Waals surface area (Å²) in [6.45, 7) is 3.18. The van der Waals surface area contributed by atoms with Crippen molar-refractivity contribution in [2.75, 3.05) is 13.2 Å². The molecule has 0 saturated carbocycles. The number of aliphatic hydroxyl groups is 1. The minimum Gasteiger partial charge on any atom is -0.389 e. The van der Waals surface area contributed by atoms with E-state index in [1.54, 1.807) is 6.07 Å². The van der Waals surface area contributed by atoms with Crippen LogP contribution in [0.3, 0.4) is 0 Å². The van der Waals surface area contributed by atoms with Gasteiger partial charge in [-0.1, -0.05) is 17.7 Å². The van der Waals surface area contributed by atoms with Crippen molar-refractivity contribution in [2.24, 2.45) is 0 Å². The van der Waals surface area contributed by atoms with Crippen LogP contribution in [0.5, 0.6) is 0 Å². The van der Waals surface area contributed by atoms with E-state index in [-0.39, 0.29) is 11.9 Å². The molecule has 0 bridgehead atoms. The molecular formula is C12H16FNO2. The van der Waals surface area contributed by atoms with Crippen molar-refractivity contribution < 1.29 is 14.2 Å². The van der Waals surface area contributed by atoms with E-state index in [4.69, 9.17) is 4.74 Å². The summed E-state index contributed by atoms with van der Waals surface area (Å²) in [5.74, 6) is -0.216. The maximum atomic E-state index is 13.4. The molecule has 0 radical (unpaired) electrons. The Balaban J connectivity index is 1.96. The van der Waals surface area contributed by atoms with Crippen molar-refractivity contribution in [3.63, 3.8) is 0 Å². The molecule has 1 aromatic carbocycles. The zero-order valence-electron chi connectivity index (χ0n) is 9.24. The zero-order chi connectivity index (χ0) is 11.5. The maximum absolute atomic E-state index is 13.4. The summed E-state index contributed by atoms with van der Waals surface area (Å²) in [6.07, 6.45) is -0.493. The van der Waals surface area contributed by atoms with Crippen molar-refractivity contribution in [3.8, 4) is 0 Å². The average molecular weight is 225 g/mol. The lowest BCUT2D eigenvalue weighted by atomic mass is 10.1. The van der Waals surface area contributed by atoms with Gasteiger partial charge < -0.3 is 15.2 Å². The smallest absolute Gasteiger partial charge is 0.127 e. The molecule has 0 spiro atoms. The van der Waals surface area contributed by atoms with Gasteiger partial charge in [-0.05, 0) is 13.0 Å². The molecule has 4 heteroatoms. The van der Waals surface area contributed by atoms with Crippen LogP contribution < -0.4 is 5.32 Å². The van der Waals surface area contributed by atoms with Gasteiger partial charge in [-0.25, -0.2) is 4.39 Å². The highest BCUT2D eigenvalue weighted by atomic mass is 19.1. The van der Waals surface area contributed by atoms with Gasteiger partial charge in [-0.3, -0.25) is 0 Å². The summed E-state index contributed by atoms with van der Waals surface area (Å²) >= 11 is 0. The van der Waals surface area contributed by atoms with Crippen LogP contribution in [0.1, 0.15) is 11.1 Å². The number of hydrogen-bond donors (Lipinski definition) is 2. The van der Waals surface area contributed by atoms with Gasteiger partial charge in [-0.15, -0.1) is 0 Å². The molecule has 0 aromatic heterocycles. The summed E-state index contributed by atoms with van der Waals surface area (Å²) in [5, 5.41) is 12.6. The minimum absolute atomic E-state index is 0.0973. The summed E-state index contributed by atoms with van der Waals surface area (Å²) in [4.78, 5) is 0. The molecule has 1 heterocycles. The number of nitrogens with one attached hydrogen (secondary N) is 1. The zero-order valence-corrected chi connectivity index (χ0v) is 9.24. The topological polar surface area (TPSA) is 41.5 Å². The Morgan fingerprint density at radius 2 is 2.31 bits per heavy atom. The molecule has 1 aliphatic heterocycles. The van der Waals surface area contributed by atoms with E-state index in [1.807, 2.05) is 13.0 Å². The monoisotopic (exact) mass is 225 g/mol. The van der Waals surface area contributed by atoms with Crippen molar-refractivity contribution >= 4 is 0 Å². The van der Waals surface area contributed by atoms with Crippen molar-refractivity contribution in [3.05, 3.63) is 35.1 Å². The second kappa shape index (κ2) is 4.91. The van der Waals surface area contributed by atoms with Crippen LogP contribution in [0.2, 0.25) is 0 Å². The van der Waals surface area contributed by atoms with Crippen LogP contribution in [0, 0.1) is 12.7 Å². The van der Waals surface area contributed by atoms with Gasteiger partial charge in [0.15, 0.2) is 0 Å². The highest BCUT2D eigenvalue weighted by molar-refractivity contribution is 5.24. The highest BCUT2D eigenvalue weighted by Crippen LogP contribution is 2.11. The van der Waals surface area contributed by atoms with Crippen LogP contribution in [-0.2, 0) is 11.3 Å². The second-order valence-electron chi connectivity index (χ2n) is 4.19. The predicted molar refractivity (Wildman–Crippen MR) is 58.6 cm³/mol. The Morgan fingerprint density at radius 1 is 1.50 bits per heavy atom. The Hall–Kier alpha value is -0.970. The lowest BCUT2D eigenvalue weighted by molar-refractivity contribution is 0.122. The molecule has 3 nitrogen and oxygen atoms in total. The number of aryl methyl sites for hydroxylation is 1. The SMILES string of the molecule is Cc1ccc(F)c(CNC2COCC2O)c1. The molecule has 16 heavy (non-hydrogen) atoms. The van der Waals surface area contributed by atoms with Gasteiger partial charge in [0, 0.05) is 12.1 Å². The van der Waals surface area contributed by atoms with E-state index < -0.39 is 6.10 Å². The van der Waals surface area contributed by atoms with E-state index in [2.05, 4.69) is 5.32 Å². The molecule has 0 amide bonds. The molecule has 1 aliphatic rings. The summed E-state index contributed by atoms with van der Waals surface area (Å²) < 4.78 is 18.5. The van der Waals surface area contributed by atoms with Crippen LogP contribution in [0.4, 0.5) is 4.39 Å². The first kappa shape index (κ1) is 11.5. The van der Waals surface area contributed by atoms with Crippen molar-refractivity contribution in [2.45, 2.75) is 25.6 Å². The highest BCUT2D eigenvalue weighted by Gasteiger charge is 2.25. The molecule has 2 atom stereocenters. The fourth-order valence-electron chi connectivity index (χ4n) is 1.82. The molecule has 0 aliphatic carbocycles. The second-order valence-corrected chi connectivity index (χ2v) is 4.19. The average Bonchev–Trinajstić information content (AvgIpc) is 2.66. The summed E-state index contributed by atoms with van der Waals surface area (Å²) in [5.41, 5.74) is 1.65. The van der Waals surface area contributed by atoms with Gasteiger partial charge in [0.25, 0.3) is 0 Å². The van der Waals surface area contributed by atoms with Gasteiger partial charge in [0.05, 0.1) is 25.4 Å². The van der Waals surface area contributed by atoms with E-state index in [0.29, 0.717) is 25.3 Å². The molecule has 1 saturated heterocycles. The minimum atomic E-state index is -0.493. The molecule has 2 unspecified atom stereocenters. The number of hydrogen-bond acceptors (Lipinski definition) is 3. The lowest BCUT2D eigenvalue weighted by Gasteiger charge is -2.15. The van der Waals surface area contributed by atoms with Crippen LogP contribution in [-0.4, -0.2) is 30.5 Å². The van der Waals surface area contributed by atoms with Gasteiger partial charge in [0.1, 0.15) is 5.82 Å². The Kier molecular flexibility index (Phi) is 3.53. The first-order chi connectivity index (χ1) is 7.66. The Labute approximate surface area is 94.2 Å². The number of benzene rings is 1. The Morgan fingerprint density at radius 3 is 3.00 bits per heavy atom. The van der Waals surface area contributed by atoms with Crippen LogP contribution >= 0.6 is 0 Å². The van der Waals surface area contributed by atoms with Crippen LogP contribution in [0.15, 0.2) is 18.2 Å². The van der Waals surface area contributed by atoms with E-state index in [1.165, 1.54) is 6.07 Å². The maximum Gasteiger partial charge on any atom is 0.127 e. The standard InChI is InChI=1S/C12H16FNO2/c1-8-2-3-10(13)9(4-8)5-14-11-6-16-7-12(11)15/h2-4,11-12,14-15H,5-7H2,1H3. The van der Waals surface area contributed by atoms with Crippen LogP contribution in [0.25, 0.3) is 0 Å². The van der Waals surface area contributed by atoms with Gasteiger partial charge in [-0.2, -0.15) is 0 Å². The van der Waals surface area contributed by atoms with Gasteiger partial charge in [0.2, 0.25) is 0 Å². The van der Waals surface area contributed by atoms with Crippen molar-refractivity contribution in [1.29, 1.82) is 0 Å². The summed E-state index contributed by atoms with van der Waals surface area (Å²) in [6, 6.07) is 4.92. The molecular weight excluding hydrogens is 209 g/mol. The quantitative estimate of drug-likeness (QED) is 0.806. The third kappa shape index (κ3) is 2.58. The Bertz CT molecular complexity index is 370. The number of aliphatic hydroxyl groups excluding tert-OH is 1. The predicted octanol–water partition coefficient (Wildman–Crippen LogP) is 0.983. The van der Waals surface area contributed by atoms with Gasteiger partial charge >= 0.3 is 0 Å². The third-order valence-corrected chi connectivity index (χ3v) is 2.81.